The summed E-state index contributed by atoms with van der Waals surface area (Å²) in [5.74, 6) is 0.197. The highest BCUT2D eigenvalue weighted by Crippen LogP contribution is 2.41. The molecule has 3 heterocycles. The number of pyridine rings is 1. The number of hydrogen-bond donors (Lipinski definition) is 1. The molecule has 1 fully saturated rings. The number of carbonyl (C=O) groups excluding carboxylic acids is 1. The van der Waals surface area contributed by atoms with Gasteiger partial charge in [-0.15, -0.1) is 0 Å². The van der Waals surface area contributed by atoms with Crippen LogP contribution >= 0.6 is 0 Å². The molecule has 1 aliphatic rings. The highest BCUT2D eigenvalue weighted by atomic mass is 32.2. The average molecular weight is 555 g/mol. The molecule has 5 rings (SSSR count). The van der Waals surface area contributed by atoms with Crippen LogP contribution in [0.5, 0.6) is 5.75 Å². The molecule has 39 heavy (non-hydrogen) atoms. The summed E-state index contributed by atoms with van der Waals surface area (Å²) >= 11 is 0. The number of esters is 1. The highest BCUT2D eigenvalue weighted by Gasteiger charge is 2.25. The van der Waals surface area contributed by atoms with Crippen LogP contribution in [-0.2, 0) is 36.7 Å². The Bertz CT molecular complexity index is 1560. The molecular formula is C27H30N4O7S. The summed E-state index contributed by atoms with van der Waals surface area (Å²) in [5.41, 5.74) is 3.56. The van der Waals surface area contributed by atoms with Crippen LogP contribution in [0.25, 0.3) is 5.65 Å². The van der Waals surface area contributed by atoms with Gasteiger partial charge in [0.05, 0.1) is 48.7 Å². The monoisotopic (exact) mass is 554 g/mol. The van der Waals surface area contributed by atoms with Crippen LogP contribution in [0.3, 0.4) is 0 Å². The number of fused-ring (bicyclic) bond motifs is 1. The third-order valence-electron chi connectivity index (χ3n) is 6.43. The molecule has 1 saturated carbocycles. The fraction of sp³-hybridized carbons (Fsp3) is 0.370. The van der Waals surface area contributed by atoms with E-state index in [1.807, 2.05) is 16.8 Å². The maximum Gasteiger partial charge on any atom is 0.341 e. The van der Waals surface area contributed by atoms with Gasteiger partial charge in [-0.05, 0) is 60.9 Å². The number of imidazole rings is 1. The maximum atomic E-state index is 12.5. The Balaban J connectivity index is 1.09. The van der Waals surface area contributed by atoms with E-state index in [1.165, 1.54) is 25.4 Å². The summed E-state index contributed by atoms with van der Waals surface area (Å²) in [6.07, 6.45) is 10.4. The second kappa shape index (κ2) is 11.6. The van der Waals surface area contributed by atoms with Crippen LogP contribution in [0.15, 0.2) is 60.0 Å². The van der Waals surface area contributed by atoms with Crippen molar-refractivity contribution in [1.29, 1.82) is 0 Å². The largest absolute Gasteiger partial charge is 0.504 e. The van der Waals surface area contributed by atoms with E-state index in [9.17, 15) is 18.3 Å². The average Bonchev–Trinajstić information content (AvgIpc) is 3.53. The molecule has 11 nitrogen and oxygen atoms in total. The lowest BCUT2D eigenvalue weighted by Gasteiger charge is -2.07. The summed E-state index contributed by atoms with van der Waals surface area (Å²) in [6, 6.07) is 8.20. The minimum absolute atomic E-state index is 0.0446. The van der Waals surface area contributed by atoms with Gasteiger partial charge >= 0.3 is 5.97 Å². The summed E-state index contributed by atoms with van der Waals surface area (Å²) < 4.78 is 42.8. The van der Waals surface area contributed by atoms with E-state index in [-0.39, 0.29) is 30.5 Å². The minimum Gasteiger partial charge on any atom is -0.504 e. The molecule has 206 valence electrons. The first-order valence-electron chi connectivity index (χ1n) is 12.7. The summed E-state index contributed by atoms with van der Waals surface area (Å²) in [4.78, 5) is 17.0. The van der Waals surface area contributed by atoms with Gasteiger partial charge in [-0.2, -0.15) is 13.5 Å². The van der Waals surface area contributed by atoms with Crippen LogP contribution in [-0.4, -0.2) is 65.6 Å². The Labute approximate surface area is 226 Å². The van der Waals surface area contributed by atoms with E-state index in [2.05, 4.69) is 10.1 Å². The van der Waals surface area contributed by atoms with Crippen molar-refractivity contribution in [2.24, 2.45) is 0 Å². The lowest BCUT2D eigenvalue weighted by molar-refractivity contribution is 0.0500. The predicted molar refractivity (Wildman–Crippen MR) is 140 cm³/mol. The molecule has 0 atom stereocenters. The van der Waals surface area contributed by atoms with Crippen LogP contribution in [0.4, 0.5) is 0 Å². The molecule has 0 saturated heterocycles. The molecule has 0 aliphatic heterocycles. The third kappa shape index (κ3) is 6.64. The number of aryl methyl sites for hydroxylation is 1. The zero-order valence-electron chi connectivity index (χ0n) is 21.5. The molecule has 4 aromatic rings. The molecule has 12 heteroatoms. The molecule has 1 aromatic carbocycles. The van der Waals surface area contributed by atoms with E-state index < -0.39 is 16.1 Å². The third-order valence-corrected chi connectivity index (χ3v) is 7.75. The van der Waals surface area contributed by atoms with E-state index >= 15 is 0 Å². The van der Waals surface area contributed by atoms with E-state index in [1.54, 1.807) is 29.1 Å². The zero-order valence-corrected chi connectivity index (χ0v) is 22.3. The number of rotatable bonds is 13. The SMILES string of the molecule is COCCOS(=O)(=O)c1ccc(CCCOC(=O)c2cnn(Cc3cn4cc(C5CC5)cc(O)c4n3)c2)cc1. The molecule has 0 radical (unpaired) electrons. The van der Waals surface area contributed by atoms with Crippen molar-refractivity contribution < 1.29 is 32.0 Å². The number of nitrogens with zero attached hydrogens (tertiary/aromatic N) is 4. The maximum absolute atomic E-state index is 12.5. The van der Waals surface area contributed by atoms with Crippen molar-refractivity contribution in [3.8, 4) is 5.75 Å². The zero-order chi connectivity index (χ0) is 27.4. The Morgan fingerprint density at radius 3 is 2.64 bits per heavy atom. The van der Waals surface area contributed by atoms with E-state index in [0.29, 0.717) is 42.2 Å². The number of aromatic nitrogens is 4. The van der Waals surface area contributed by atoms with Gasteiger partial charge < -0.3 is 19.0 Å². The number of benzene rings is 1. The van der Waals surface area contributed by atoms with E-state index in [0.717, 1.165) is 24.0 Å². The molecule has 0 amide bonds. The molecule has 1 aliphatic carbocycles. The first-order chi connectivity index (χ1) is 18.8. The highest BCUT2D eigenvalue weighted by molar-refractivity contribution is 7.86. The molecule has 0 spiro atoms. The van der Waals surface area contributed by atoms with Crippen molar-refractivity contribution in [3.63, 3.8) is 0 Å². The van der Waals surface area contributed by atoms with Gasteiger partial charge in [0.1, 0.15) is 0 Å². The fourth-order valence-electron chi connectivity index (χ4n) is 4.23. The summed E-state index contributed by atoms with van der Waals surface area (Å²) in [7, 11) is -2.35. The Morgan fingerprint density at radius 2 is 1.90 bits per heavy atom. The van der Waals surface area contributed by atoms with Crippen molar-refractivity contribution in [3.05, 3.63) is 77.5 Å². The van der Waals surface area contributed by atoms with Crippen LogP contribution < -0.4 is 0 Å². The lowest BCUT2D eigenvalue weighted by atomic mass is 10.1. The van der Waals surface area contributed by atoms with Crippen molar-refractivity contribution >= 4 is 21.7 Å². The quantitative estimate of drug-likeness (QED) is 0.150. The van der Waals surface area contributed by atoms with E-state index in [4.69, 9.17) is 13.7 Å². The van der Waals surface area contributed by atoms with Crippen molar-refractivity contribution in [1.82, 2.24) is 19.2 Å². The first-order valence-corrected chi connectivity index (χ1v) is 14.1. The lowest BCUT2D eigenvalue weighted by Crippen LogP contribution is -2.10. The Kier molecular flexibility index (Phi) is 7.96. The molecule has 0 unspecified atom stereocenters. The minimum atomic E-state index is -3.82. The van der Waals surface area contributed by atoms with Gasteiger partial charge in [-0.3, -0.25) is 8.86 Å². The number of hydrogen-bond acceptors (Lipinski definition) is 9. The number of ether oxygens (including phenoxy) is 2. The van der Waals surface area contributed by atoms with Gasteiger partial charge in [0.25, 0.3) is 10.1 Å². The normalized spacial score (nSPS) is 13.7. The van der Waals surface area contributed by atoms with Gasteiger partial charge in [0.2, 0.25) is 0 Å². The van der Waals surface area contributed by atoms with Gasteiger partial charge in [-0.1, -0.05) is 12.1 Å². The van der Waals surface area contributed by atoms with Crippen LogP contribution in [0.2, 0.25) is 0 Å². The summed E-state index contributed by atoms with van der Waals surface area (Å²) in [6.45, 7) is 0.692. The molecule has 3 aromatic heterocycles. The second-order valence-electron chi connectivity index (χ2n) is 9.47. The second-order valence-corrected chi connectivity index (χ2v) is 11.1. The van der Waals surface area contributed by atoms with Crippen LogP contribution in [0, 0.1) is 0 Å². The molecule has 1 N–H and O–H groups in total. The number of methoxy groups -OCH3 is 1. The number of carbonyl (C=O) groups is 1. The van der Waals surface area contributed by atoms with Crippen molar-refractivity contribution in [2.45, 2.75) is 43.0 Å². The fourth-order valence-corrected chi connectivity index (χ4v) is 5.13. The van der Waals surface area contributed by atoms with Gasteiger partial charge in [-0.25, -0.2) is 9.78 Å². The topological polar surface area (TPSA) is 134 Å². The Hall–Kier alpha value is -3.74. The van der Waals surface area contributed by atoms with Crippen molar-refractivity contribution in [2.75, 3.05) is 26.9 Å². The van der Waals surface area contributed by atoms with Gasteiger partial charge in [0.15, 0.2) is 11.4 Å². The molecule has 0 bridgehead atoms. The first kappa shape index (κ1) is 26.9. The standard InChI is InChI=1S/C27H30N4O7S/c1-36-11-12-38-39(34,35)24-8-4-19(5-9-24)3-2-10-37-27(33)22-14-28-31(16-22)18-23-17-30-15-21(20-6-7-20)13-25(32)26(30)29-23/h4-5,8-9,13-17,20,32H,2-3,6-7,10-12,18H2,1H3. The number of aromatic hydroxyl groups is 1. The van der Waals surface area contributed by atoms with Gasteiger partial charge in [0, 0.05) is 25.7 Å². The van der Waals surface area contributed by atoms with Crippen LogP contribution in [0.1, 0.15) is 52.4 Å². The molecular weight excluding hydrogens is 524 g/mol. The Morgan fingerprint density at radius 1 is 1.10 bits per heavy atom. The smallest absolute Gasteiger partial charge is 0.341 e. The predicted octanol–water partition coefficient (Wildman–Crippen LogP) is 3.30. The summed E-state index contributed by atoms with van der Waals surface area (Å²) in [5, 5.41) is 14.6.